The molecule has 0 spiro atoms. The van der Waals surface area contributed by atoms with Crippen molar-refractivity contribution in [1.82, 2.24) is 8.75 Å². The standard InChI is InChI=1S/C9H7ClN2O3S2/c1-17(13,14)7-4-2-3-6(5-7)15-9-8(10)11-16-12-9/h2-5H,1H3. The fourth-order valence-corrected chi connectivity index (χ4v) is 2.38. The zero-order valence-electron chi connectivity index (χ0n) is 8.62. The molecule has 1 aromatic carbocycles. The lowest BCUT2D eigenvalue weighted by molar-refractivity contribution is 0.466. The monoisotopic (exact) mass is 290 g/mol. The molecule has 0 radical (unpaired) electrons. The highest BCUT2D eigenvalue weighted by atomic mass is 35.5. The fraction of sp³-hybridized carbons (Fsp3) is 0.111. The van der Waals surface area contributed by atoms with Crippen LogP contribution in [-0.4, -0.2) is 23.4 Å². The van der Waals surface area contributed by atoms with Gasteiger partial charge in [0.15, 0.2) is 9.84 Å². The number of hydrogen-bond donors (Lipinski definition) is 0. The molecule has 2 aromatic rings. The van der Waals surface area contributed by atoms with E-state index in [1.54, 1.807) is 12.1 Å². The summed E-state index contributed by atoms with van der Waals surface area (Å²) in [6, 6.07) is 6.10. The maximum Gasteiger partial charge on any atom is 0.270 e. The normalized spacial score (nSPS) is 11.4. The molecule has 1 heterocycles. The van der Waals surface area contributed by atoms with Gasteiger partial charge in [0.25, 0.3) is 5.88 Å². The Morgan fingerprint density at radius 1 is 1.35 bits per heavy atom. The first-order valence-corrected chi connectivity index (χ1v) is 7.43. The van der Waals surface area contributed by atoms with Gasteiger partial charge < -0.3 is 4.74 Å². The Balaban J connectivity index is 2.32. The summed E-state index contributed by atoms with van der Waals surface area (Å²) in [5.74, 6) is 0.518. The lowest BCUT2D eigenvalue weighted by Gasteiger charge is -2.03. The van der Waals surface area contributed by atoms with E-state index in [0.717, 1.165) is 18.0 Å². The maximum atomic E-state index is 11.3. The predicted octanol–water partition coefficient (Wildman–Crippen LogP) is 2.39. The summed E-state index contributed by atoms with van der Waals surface area (Å²) in [5, 5.41) is 0.153. The molecule has 8 heteroatoms. The van der Waals surface area contributed by atoms with Crippen molar-refractivity contribution < 1.29 is 13.2 Å². The third kappa shape index (κ3) is 2.93. The molecule has 0 unspecified atom stereocenters. The maximum absolute atomic E-state index is 11.3. The Morgan fingerprint density at radius 3 is 2.71 bits per heavy atom. The molecule has 0 N–H and O–H groups in total. The minimum Gasteiger partial charge on any atom is -0.436 e. The highest BCUT2D eigenvalue weighted by Crippen LogP contribution is 2.28. The smallest absolute Gasteiger partial charge is 0.270 e. The van der Waals surface area contributed by atoms with Gasteiger partial charge in [-0.1, -0.05) is 17.7 Å². The van der Waals surface area contributed by atoms with E-state index in [1.807, 2.05) is 0 Å². The van der Waals surface area contributed by atoms with Crippen molar-refractivity contribution in [3.8, 4) is 11.6 Å². The third-order valence-corrected chi connectivity index (χ3v) is 3.84. The molecule has 1 aromatic heterocycles. The van der Waals surface area contributed by atoms with Crippen LogP contribution in [0.4, 0.5) is 0 Å². The van der Waals surface area contributed by atoms with Crippen molar-refractivity contribution in [2.24, 2.45) is 0 Å². The summed E-state index contributed by atoms with van der Waals surface area (Å²) in [4.78, 5) is 0.175. The summed E-state index contributed by atoms with van der Waals surface area (Å²) in [5.41, 5.74) is 0. The van der Waals surface area contributed by atoms with E-state index in [1.165, 1.54) is 12.1 Å². The van der Waals surface area contributed by atoms with Crippen LogP contribution in [0, 0.1) is 0 Å². The molecule has 0 aliphatic heterocycles. The summed E-state index contributed by atoms with van der Waals surface area (Å²) >= 11 is 6.63. The molecule has 0 bridgehead atoms. The Hall–Kier alpha value is -1.18. The van der Waals surface area contributed by atoms with Crippen molar-refractivity contribution in [3.63, 3.8) is 0 Å². The quantitative estimate of drug-likeness (QED) is 0.868. The minimum absolute atomic E-state index is 0.153. The number of hydrogen-bond acceptors (Lipinski definition) is 6. The van der Waals surface area contributed by atoms with Crippen LogP contribution >= 0.6 is 23.3 Å². The summed E-state index contributed by atoms with van der Waals surface area (Å²) in [6.07, 6.45) is 1.13. The Kier molecular flexibility index (Phi) is 3.32. The van der Waals surface area contributed by atoms with Gasteiger partial charge in [0.05, 0.1) is 16.6 Å². The zero-order valence-corrected chi connectivity index (χ0v) is 11.0. The largest absolute Gasteiger partial charge is 0.436 e. The highest BCUT2D eigenvalue weighted by molar-refractivity contribution is 7.90. The molecule has 0 atom stereocenters. The van der Waals surface area contributed by atoms with Crippen LogP contribution < -0.4 is 4.74 Å². The van der Waals surface area contributed by atoms with E-state index >= 15 is 0 Å². The average molecular weight is 291 g/mol. The molecule has 90 valence electrons. The number of benzene rings is 1. The van der Waals surface area contributed by atoms with Crippen molar-refractivity contribution in [3.05, 3.63) is 29.4 Å². The molecular formula is C9H7ClN2O3S2. The molecule has 0 fully saturated rings. The molecule has 0 aliphatic carbocycles. The topological polar surface area (TPSA) is 69.2 Å². The van der Waals surface area contributed by atoms with E-state index in [2.05, 4.69) is 8.75 Å². The van der Waals surface area contributed by atoms with E-state index in [9.17, 15) is 8.42 Å². The first-order valence-electron chi connectivity index (χ1n) is 4.43. The number of halogens is 1. The van der Waals surface area contributed by atoms with Crippen molar-refractivity contribution >= 4 is 33.2 Å². The van der Waals surface area contributed by atoms with Gasteiger partial charge in [-0.05, 0) is 18.2 Å². The number of aromatic nitrogens is 2. The predicted molar refractivity (Wildman–Crippen MR) is 64.5 cm³/mol. The number of ether oxygens (including phenoxy) is 1. The molecule has 17 heavy (non-hydrogen) atoms. The van der Waals surface area contributed by atoms with E-state index in [-0.39, 0.29) is 15.9 Å². The van der Waals surface area contributed by atoms with Crippen molar-refractivity contribution in [2.75, 3.05) is 6.26 Å². The van der Waals surface area contributed by atoms with Gasteiger partial charge in [0.1, 0.15) is 5.75 Å². The Morgan fingerprint density at radius 2 is 2.12 bits per heavy atom. The first kappa shape index (κ1) is 12.3. The van der Waals surface area contributed by atoms with Gasteiger partial charge in [-0.25, -0.2) is 8.42 Å². The third-order valence-electron chi connectivity index (χ3n) is 1.87. The van der Waals surface area contributed by atoms with Crippen LogP contribution in [0.3, 0.4) is 0 Å². The number of nitrogens with zero attached hydrogens (tertiary/aromatic N) is 2. The Bertz CT molecular complexity index is 639. The van der Waals surface area contributed by atoms with Gasteiger partial charge >= 0.3 is 0 Å². The van der Waals surface area contributed by atoms with Gasteiger partial charge in [-0.3, -0.25) is 0 Å². The first-order chi connectivity index (χ1) is 7.97. The second kappa shape index (κ2) is 4.59. The van der Waals surface area contributed by atoms with Crippen LogP contribution in [0.25, 0.3) is 0 Å². The van der Waals surface area contributed by atoms with Gasteiger partial charge in [-0.2, -0.15) is 4.37 Å². The highest BCUT2D eigenvalue weighted by Gasteiger charge is 2.11. The number of sulfone groups is 1. The molecule has 0 saturated heterocycles. The fourth-order valence-electron chi connectivity index (χ4n) is 1.11. The van der Waals surface area contributed by atoms with Crippen LogP contribution in [0.15, 0.2) is 29.2 Å². The van der Waals surface area contributed by atoms with Crippen LogP contribution in [0.5, 0.6) is 11.6 Å². The minimum atomic E-state index is -3.26. The molecule has 0 saturated carbocycles. The second-order valence-electron chi connectivity index (χ2n) is 3.21. The number of rotatable bonds is 3. The van der Waals surface area contributed by atoms with Crippen molar-refractivity contribution in [1.29, 1.82) is 0 Å². The van der Waals surface area contributed by atoms with Crippen LogP contribution in [0.2, 0.25) is 5.15 Å². The summed E-state index contributed by atoms with van der Waals surface area (Å²) in [7, 11) is -3.26. The van der Waals surface area contributed by atoms with E-state index in [0.29, 0.717) is 5.75 Å². The van der Waals surface area contributed by atoms with Gasteiger partial charge in [0.2, 0.25) is 5.15 Å². The van der Waals surface area contributed by atoms with Crippen LogP contribution in [0.1, 0.15) is 0 Å². The van der Waals surface area contributed by atoms with E-state index in [4.69, 9.17) is 16.3 Å². The molecule has 0 amide bonds. The average Bonchev–Trinajstić information content (AvgIpc) is 2.64. The second-order valence-corrected chi connectivity index (χ2v) is 6.11. The Labute approximate surface area is 107 Å². The van der Waals surface area contributed by atoms with E-state index < -0.39 is 9.84 Å². The molecule has 0 aliphatic rings. The zero-order chi connectivity index (χ0) is 12.5. The summed E-state index contributed by atoms with van der Waals surface area (Å²) in [6.45, 7) is 0. The van der Waals surface area contributed by atoms with Gasteiger partial charge in [0, 0.05) is 6.26 Å². The molecular weight excluding hydrogens is 284 g/mol. The summed E-state index contributed by atoms with van der Waals surface area (Å²) < 4.78 is 35.6. The molecule has 2 rings (SSSR count). The van der Waals surface area contributed by atoms with Gasteiger partial charge in [-0.15, -0.1) is 4.37 Å². The SMILES string of the molecule is CS(=O)(=O)c1cccc(Oc2nsnc2Cl)c1. The van der Waals surface area contributed by atoms with Crippen LogP contribution in [-0.2, 0) is 9.84 Å². The lowest BCUT2D eigenvalue weighted by atomic mass is 10.3. The molecule has 5 nitrogen and oxygen atoms in total. The lowest BCUT2D eigenvalue weighted by Crippen LogP contribution is -1.97. The van der Waals surface area contributed by atoms with Crippen molar-refractivity contribution in [2.45, 2.75) is 4.90 Å².